The topological polar surface area (TPSA) is 114 Å². The van der Waals surface area contributed by atoms with E-state index in [1.165, 1.54) is 0 Å². The van der Waals surface area contributed by atoms with Crippen LogP contribution in [0.15, 0.2) is 42.7 Å². The van der Waals surface area contributed by atoms with Gasteiger partial charge >= 0.3 is 0 Å². The standard InChI is InChI=1S/C20H15N7/c1-11-10-24-12(2)25-17(11)19-18(26-16(9-21)20(22)27-19)14-5-6-15-13(8-14)4-3-7-23-15/h3-8,10H,1-2H3,(H2,22,27). The lowest BCUT2D eigenvalue weighted by molar-refractivity contribution is 1.02. The maximum Gasteiger partial charge on any atom is 0.183 e. The highest BCUT2D eigenvalue weighted by molar-refractivity contribution is 5.87. The summed E-state index contributed by atoms with van der Waals surface area (Å²) in [6, 6.07) is 11.6. The van der Waals surface area contributed by atoms with E-state index in [4.69, 9.17) is 5.73 Å². The van der Waals surface area contributed by atoms with Crippen LogP contribution in [0.4, 0.5) is 5.82 Å². The van der Waals surface area contributed by atoms with Gasteiger partial charge in [-0.3, -0.25) is 4.98 Å². The van der Waals surface area contributed by atoms with Crippen molar-refractivity contribution in [1.82, 2.24) is 24.9 Å². The number of nitrogens with two attached hydrogens (primary N) is 1. The van der Waals surface area contributed by atoms with Crippen molar-refractivity contribution in [3.63, 3.8) is 0 Å². The Bertz CT molecular complexity index is 1220. The average Bonchev–Trinajstić information content (AvgIpc) is 2.69. The molecule has 0 spiro atoms. The van der Waals surface area contributed by atoms with Gasteiger partial charge in [0.05, 0.1) is 16.9 Å². The smallest absolute Gasteiger partial charge is 0.183 e. The van der Waals surface area contributed by atoms with Gasteiger partial charge in [0.2, 0.25) is 0 Å². The molecule has 0 aliphatic carbocycles. The van der Waals surface area contributed by atoms with Crippen molar-refractivity contribution in [2.45, 2.75) is 13.8 Å². The van der Waals surface area contributed by atoms with Crippen molar-refractivity contribution >= 4 is 16.7 Å². The number of nitrogen functional groups attached to an aromatic ring is 1. The first kappa shape index (κ1) is 16.5. The molecule has 0 radical (unpaired) electrons. The Balaban J connectivity index is 2.03. The van der Waals surface area contributed by atoms with Crippen molar-refractivity contribution in [3.05, 3.63) is 59.8 Å². The van der Waals surface area contributed by atoms with Gasteiger partial charge in [-0.05, 0) is 37.6 Å². The van der Waals surface area contributed by atoms with Crippen LogP contribution >= 0.6 is 0 Å². The number of rotatable bonds is 2. The first-order chi connectivity index (χ1) is 13.1. The Morgan fingerprint density at radius 1 is 0.963 bits per heavy atom. The molecule has 0 saturated heterocycles. The molecule has 7 nitrogen and oxygen atoms in total. The van der Waals surface area contributed by atoms with Crippen LogP contribution in [0.2, 0.25) is 0 Å². The number of nitrogens with zero attached hydrogens (tertiary/aromatic N) is 6. The molecule has 1 aromatic carbocycles. The number of benzene rings is 1. The maximum absolute atomic E-state index is 9.35. The second-order valence-electron chi connectivity index (χ2n) is 6.13. The van der Waals surface area contributed by atoms with Crippen LogP contribution in [0.5, 0.6) is 0 Å². The van der Waals surface area contributed by atoms with Crippen LogP contribution in [0.1, 0.15) is 17.1 Å². The minimum Gasteiger partial charge on any atom is -0.381 e. The number of fused-ring (bicyclic) bond motifs is 1. The van der Waals surface area contributed by atoms with E-state index >= 15 is 0 Å². The third-order valence-corrected chi connectivity index (χ3v) is 4.22. The third-order valence-electron chi connectivity index (χ3n) is 4.22. The van der Waals surface area contributed by atoms with Gasteiger partial charge < -0.3 is 5.73 Å². The van der Waals surface area contributed by atoms with Gasteiger partial charge in [-0.1, -0.05) is 12.1 Å². The number of pyridine rings is 1. The van der Waals surface area contributed by atoms with E-state index in [2.05, 4.69) is 24.9 Å². The fraction of sp³-hybridized carbons (Fsp3) is 0.100. The number of hydrogen-bond donors (Lipinski definition) is 1. The van der Waals surface area contributed by atoms with Crippen LogP contribution in [0.3, 0.4) is 0 Å². The lowest BCUT2D eigenvalue weighted by Crippen LogP contribution is -2.05. The summed E-state index contributed by atoms with van der Waals surface area (Å²) in [4.78, 5) is 22.0. The number of aromatic nitrogens is 5. The largest absolute Gasteiger partial charge is 0.381 e. The molecule has 0 atom stereocenters. The Hall–Kier alpha value is -3.92. The highest BCUT2D eigenvalue weighted by Gasteiger charge is 2.18. The molecule has 4 aromatic rings. The molecule has 0 fully saturated rings. The van der Waals surface area contributed by atoms with Gasteiger partial charge in [0.25, 0.3) is 0 Å². The van der Waals surface area contributed by atoms with Crippen LogP contribution in [0, 0.1) is 25.2 Å². The molecule has 3 heterocycles. The number of aryl methyl sites for hydroxylation is 2. The molecule has 3 aromatic heterocycles. The Morgan fingerprint density at radius 3 is 2.63 bits per heavy atom. The van der Waals surface area contributed by atoms with Gasteiger partial charge in [0.15, 0.2) is 11.5 Å². The predicted octanol–water partition coefficient (Wildman–Crippen LogP) is 3.22. The highest BCUT2D eigenvalue weighted by atomic mass is 15.0. The van der Waals surface area contributed by atoms with Gasteiger partial charge in [-0.2, -0.15) is 5.26 Å². The first-order valence-corrected chi connectivity index (χ1v) is 8.30. The second kappa shape index (κ2) is 6.42. The molecule has 0 saturated carbocycles. The SMILES string of the molecule is Cc1ncc(C)c(-c2nc(N)c(C#N)nc2-c2ccc3ncccc3c2)n1. The predicted molar refractivity (Wildman–Crippen MR) is 102 cm³/mol. The summed E-state index contributed by atoms with van der Waals surface area (Å²) in [5.41, 5.74) is 10.3. The molecule has 27 heavy (non-hydrogen) atoms. The Kier molecular flexibility index (Phi) is 3.94. The van der Waals surface area contributed by atoms with E-state index in [1.807, 2.05) is 50.2 Å². The van der Waals surface area contributed by atoms with Gasteiger partial charge in [0.1, 0.15) is 17.6 Å². The van der Waals surface area contributed by atoms with E-state index < -0.39 is 0 Å². The summed E-state index contributed by atoms with van der Waals surface area (Å²) < 4.78 is 0. The summed E-state index contributed by atoms with van der Waals surface area (Å²) in [6.07, 6.45) is 3.49. The molecular weight excluding hydrogens is 338 g/mol. The normalized spacial score (nSPS) is 10.7. The Labute approximate surface area is 155 Å². The van der Waals surface area contributed by atoms with E-state index in [9.17, 15) is 5.26 Å². The van der Waals surface area contributed by atoms with Crippen molar-refractivity contribution < 1.29 is 0 Å². The quantitative estimate of drug-likeness (QED) is 0.588. The summed E-state index contributed by atoms with van der Waals surface area (Å²) in [7, 11) is 0. The summed E-state index contributed by atoms with van der Waals surface area (Å²) >= 11 is 0. The average molecular weight is 353 g/mol. The lowest BCUT2D eigenvalue weighted by Gasteiger charge is -2.12. The maximum atomic E-state index is 9.35. The third kappa shape index (κ3) is 2.93. The van der Waals surface area contributed by atoms with E-state index in [0.717, 1.165) is 22.0 Å². The van der Waals surface area contributed by atoms with Crippen molar-refractivity contribution in [2.24, 2.45) is 0 Å². The van der Waals surface area contributed by atoms with Gasteiger partial charge in [-0.25, -0.2) is 19.9 Å². The number of anilines is 1. The minimum absolute atomic E-state index is 0.0781. The number of hydrogen-bond acceptors (Lipinski definition) is 7. The molecule has 0 aliphatic rings. The Morgan fingerprint density at radius 2 is 1.81 bits per heavy atom. The van der Waals surface area contributed by atoms with E-state index in [-0.39, 0.29) is 11.5 Å². The van der Waals surface area contributed by atoms with Gasteiger partial charge in [-0.15, -0.1) is 0 Å². The second-order valence-corrected chi connectivity index (χ2v) is 6.13. The summed E-state index contributed by atoms with van der Waals surface area (Å²) in [6.45, 7) is 3.71. The molecule has 130 valence electrons. The minimum atomic E-state index is 0.0781. The van der Waals surface area contributed by atoms with Gasteiger partial charge in [0, 0.05) is 23.3 Å². The van der Waals surface area contributed by atoms with Crippen LogP contribution in [-0.4, -0.2) is 24.9 Å². The molecule has 2 N–H and O–H groups in total. The fourth-order valence-electron chi connectivity index (χ4n) is 2.89. The van der Waals surface area contributed by atoms with Crippen LogP contribution in [0.25, 0.3) is 33.5 Å². The molecule has 0 bridgehead atoms. The van der Waals surface area contributed by atoms with E-state index in [1.54, 1.807) is 12.4 Å². The molecule has 4 rings (SSSR count). The molecular formula is C20H15N7. The zero-order valence-electron chi connectivity index (χ0n) is 14.8. The number of nitriles is 1. The van der Waals surface area contributed by atoms with Crippen molar-refractivity contribution in [2.75, 3.05) is 5.73 Å². The zero-order valence-corrected chi connectivity index (χ0v) is 14.8. The molecule has 7 heteroatoms. The van der Waals surface area contributed by atoms with Crippen molar-refractivity contribution in [3.8, 4) is 28.7 Å². The fourth-order valence-corrected chi connectivity index (χ4v) is 2.89. The highest BCUT2D eigenvalue weighted by Crippen LogP contribution is 2.32. The molecule has 0 unspecified atom stereocenters. The first-order valence-electron chi connectivity index (χ1n) is 8.30. The van der Waals surface area contributed by atoms with Crippen LogP contribution < -0.4 is 5.73 Å². The molecule has 0 aliphatic heterocycles. The zero-order chi connectivity index (χ0) is 19.0. The van der Waals surface area contributed by atoms with Crippen LogP contribution in [-0.2, 0) is 0 Å². The summed E-state index contributed by atoms with van der Waals surface area (Å²) in [5.74, 6) is 0.698. The summed E-state index contributed by atoms with van der Waals surface area (Å²) in [5, 5.41) is 10.3. The molecule has 0 amide bonds. The van der Waals surface area contributed by atoms with Crippen molar-refractivity contribution in [1.29, 1.82) is 5.26 Å². The monoisotopic (exact) mass is 353 g/mol. The van der Waals surface area contributed by atoms with E-state index in [0.29, 0.717) is 22.9 Å². The lowest BCUT2D eigenvalue weighted by atomic mass is 10.0.